The topological polar surface area (TPSA) is 59.4 Å². The molecule has 142 valence electrons. The van der Waals surface area contributed by atoms with Gasteiger partial charge in [-0.1, -0.05) is 39.8 Å². The van der Waals surface area contributed by atoms with E-state index in [1.807, 2.05) is 65.1 Å². The standard InChI is InChI=1S/C21H30NO3P/c1-14(2)26(24,15(3)4)20(11-17-8-7-9-22-13-17)18-10-16(5)21(23)19(12-18)25-6/h7-10,12-15,20,23H,11H2,1-6H3. The number of hydrogen-bond acceptors (Lipinski definition) is 4. The Morgan fingerprint density at radius 2 is 1.85 bits per heavy atom. The molecule has 1 unspecified atom stereocenters. The van der Waals surface area contributed by atoms with Crippen molar-refractivity contribution in [2.45, 2.75) is 58.0 Å². The maximum Gasteiger partial charge on any atom is 0.161 e. The molecule has 1 N–H and O–H groups in total. The van der Waals surface area contributed by atoms with Gasteiger partial charge in [-0.05, 0) is 42.2 Å². The molecule has 1 aromatic heterocycles. The number of aryl methyl sites for hydroxylation is 1. The average molecular weight is 375 g/mol. The van der Waals surface area contributed by atoms with Gasteiger partial charge in [-0.25, -0.2) is 0 Å². The van der Waals surface area contributed by atoms with Crippen LogP contribution < -0.4 is 4.74 Å². The van der Waals surface area contributed by atoms with Crippen LogP contribution >= 0.6 is 7.14 Å². The molecule has 0 bridgehead atoms. The van der Waals surface area contributed by atoms with Crippen molar-refractivity contribution >= 4 is 7.14 Å². The number of rotatable bonds is 7. The van der Waals surface area contributed by atoms with Gasteiger partial charge in [-0.2, -0.15) is 0 Å². The first-order chi connectivity index (χ1) is 12.2. The zero-order valence-corrected chi connectivity index (χ0v) is 17.5. The summed E-state index contributed by atoms with van der Waals surface area (Å²) in [6.07, 6.45) is 4.23. The highest BCUT2D eigenvalue weighted by Gasteiger charge is 2.40. The summed E-state index contributed by atoms with van der Waals surface area (Å²) in [5.41, 5.74) is 2.71. The van der Waals surface area contributed by atoms with Gasteiger partial charge in [-0.3, -0.25) is 4.98 Å². The molecule has 0 aliphatic rings. The number of nitrogens with zero attached hydrogens (tertiary/aromatic N) is 1. The van der Waals surface area contributed by atoms with E-state index >= 15 is 0 Å². The molecule has 5 heteroatoms. The second kappa shape index (κ2) is 8.26. The molecule has 1 heterocycles. The van der Waals surface area contributed by atoms with Crippen LogP contribution in [0.1, 0.15) is 50.0 Å². The molecular weight excluding hydrogens is 345 g/mol. The van der Waals surface area contributed by atoms with Crippen LogP contribution in [0.4, 0.5) is 0 Å². The van der Waals surface area contributed by atoms with Crippen LogP contribution in [0.3, 0.4) is 0 Å². The fourth-order valence-electron chi connectivity index (χ4n) is 3.67. The van der Waals surface area contributed by atoms with Crippen molar-refractivity contribution in [3.05, 3.63) is 53.3 Å². The molecule has 0 amide bonds. The first-order valence-corrected chi connectivity index (χ1v) is 11.0. The number of hydrogen-bond donors (Lipinski definition) is 1. The van der Waals surface area contributed by atoms with Crippen LogP contribution in [0.5, 0.6) is 11.5 Å². The van der Waals surface area contributed by atoms with E-state index in [2.05, 4.69) is 4.98 Å². The van der Waals surface area contributed by atoms with Crippen molar-refractivity contribution in [3.63, 3.8) is 0 Å². The third-order valence-corrected chi connectivity index (χ3v) is 9.83. The molecule has 0 aliphatic carbocycles. The lowest BCUT2D eigenvalue weighted by Crippen LogP contribution is -2.18. The SMILES string of the molecule is COc1cc(C(Cc2cccnc2)P(=O)(C(C)C)C(C)C)cc(C)c1O. The molecule has 2 aromatic rings. The van der Waals surface area contributed by atoms with Gasteiger partial charge >= 0.3 is 0 Å². The Bertz CT molecular complexity index is 775. The summed E-state index contributed by atoms with van der Waals surface area (Å²) in [4.78, 5) is 4.21. The Morgan fingerprint density at radius 1 is 1.19 bits per heavy atom. The van der Waals surface area contributed by atoms with Gasteiger partial charge in [-0.15, -0.1) is 0 Å². The molecule has 4 nitrogen and oxygen atoms in total. The van der Waals surface area contributed by atoms with Crippen LogP contribution in [0, 0.1) is 6.92 Å². The zero-order valence-electron chi connectivity index (χ0n) is 16.6. The summed E-state index contributed by atoms with van der Waals surface area (Å²) >= 11 is 0. The second-order valence-electron chi connectivity index (χ2n) is 7.42. The monoisotopic (exact) mass is 375 g/mol. The highest BCUT2D eigenvalue weighted by molar-refractivity contribution is 7.65. The van der Waals surface area contributed by atoms with Gasteiger partial charge in [0.1, 0.15) is 0 Å². The van der Waals surface area contributed by atoms with E-state index in [0.717, 1.165) is 16.7 Å². The van der Waals surface area contributed by atoms with E-state index in [4.69, 9.17) is 4.74 Å². The molecule has 0 fully saturated rings. The molecule has 0 saturated heterocycles. The summed E-state index contributed by atoms with van der Waals surface area (Å²) in [6, 6.07) is 7.71. The van der Waals surface area contributed by atoms with Crippen molar-refractivity contribution in [2.75, 3.05) is 7.11 Å². The normalized spacial score (nSPS) is 13.2. The number of aromatic hydroxyl groups is 1. The van der Waals surface area contributed by atoms with Gasteiger partial charge < -0.3 is 14.4 Å². The molecule has 0 spiro atoms. The lowest BCUT2D eigenvalue weighted by molar-refractivity contribution is 0.371. The summed E-state index contributed by atoms with van der Waals surface area (Å²) in [5.74, 6) is 0.565. The molecular formula is C21H30NO3P. The first-order valence-electron chi connectivity index (χ1n) is 9.07. The number of aromatic nitrogens is 1. The number of ether oxygens (including phenoxy) is 1. The number of phenols is 1. The van der Waals surface area contributed by atoms with Crippen molar-refractivity contribution in [3.8, 4) is 11.5 Å². The van der Waals surface area contributed by atoms with Gasteiger partial charge in [0, 0.05) is 29.4 Å². The minimum Gasteiger partial charge on any atom is -0.504 e. The minimum absolute atomic E-state index is 0.0595. The van der Waals surface area contributed by atoms with Crippen LogP contribution in [0.15, 0.2) is 36.7 Å². The molecule has 1 atom stereocenters. The average Bonchev–Trinajstić information content (AvgIpc) is 2.61. The molecule has 0 aliphatic heterocycles. The van der Waals surface area contributed by atoms with E-state index in [0.29, 0.717) is 12.2 Å². The molecule has 0 saturated carbocycles. The van der Waals surface area contributed by atoms with E-state index in [1.54, 1.807) is 13.3 Å². The smallest absolute Gasteiger partial charge is 0.161 e. The van der Waals surface area contributed by atoms with Gasteiger partial charge in [0.05, 0.1) is 14.3 Å². The van der Waals surface area contributed by atoms with Crippen molar-refractivity contribution in [1.82, 2.24) is 4.98 Å². The third-order valence-electron chi connectivity index (χ3n) is 5.15. The van der Waals surface area contributed by atoms with Crippen molar-refractivity contribution in [1.29, 1.82) is 0 Å². The minimum atomic E-state index is -2.59. The summed E-state index contributed by atoms with van der Waals surface area (Å²) in [5, 5.41) is 10.2. The fraction of sp³-hybridized carbons (Fsp3) is 0.476. The van der Waals surface area contributed by atoms with E-state index < -0.39 is 7.14 Å². The molecule has 0 radical (unpaired) electrons. The Morgan fingerprint density at radius 3 is 2.35 bits per heavy atom. The fourth-order valence-corrected chi connectivity index (χ4v) is 7.42. The molecule has 1 aromatic carbocycles. The summed E-state index contributed by atoms with van der Waals surface area (Å²) in [6.45, 7) is 10.0. The zero-order chi connectivity index (χ0) is 19.5. The van der Waals surface area contributed by atoms with Crippen LogP contribution in [-0.4, -0.2) is 28.5 Å². The number of benzene rings is 1. The first kappa shape index (κ1) is 20.5. The van der Waals surface area contributed by atoms with Crippen LogP contribution in [-0.2, 0) is 11.0 Å². The highest BCUT2D eigenvalue weighted by atomic mass is 31.2. The third kappa shape index (κ3) is 3.96. The largest absolute Gasteiger partial charge is 0.504 e. The maximum absolute atomic E-state index is 14.2. The molecule has 2 rings (SSSR count). The van der Waals surface area contributed by atoms with Crippen molar-refractivity contribution < 1.29 is 14.4 Å². The molecule has 26 heavy (non-hydrogen) atoms. The lowest BCUT2D eigenvalue weighted by atomic mass is 10.0. The lowest BCUT2D eigenvalue weighted by Gasteiger charge is -2.35. The number of methoxy groups -OCH3 is 1. The van der Waals surface area contributed by atoms with Crippen molar-refractivity contribution in [2.24, 2.45) is 0 Å². The Labute approximate surface area is 157 Å². The quantitative estimate of drug-likeness (QED) is 0.643. The predicted molar refractivity (Wildman–Crippen MR) is 108 cm³/mol. The van der Waals surface area contributed by atoms with Crippen LogP contribution in [0.2, 0.25) is 0 Å². The van der Waals surface area contributed by atoms with E-state index in [9.17, 15) is 9.67 Å². The second-order valence-corrected chi connectivity index (χ2v) is 11.6. The van der Waals surface area contributed by atoms with E-state index in [-0.39, 0.29) is 22.7 Å². The summed E-state index contributed by atoms with van der Waals surface area (Å²) in [7, 11) is -1.05. The maximum atomic E-state index is 14.2. The van der Waals surface area contributed by atoms with E-state index in [1.165, 1.54) is 0 Å². The Hall–Kier alpha value is -1.80. The number of pyridine rings is 1. The van der Waals surface area contributed by atoms with Gasteiger partial charge in [0.25, 0.3) is 0 Å². The number of phenolic OH excluding ortho intramolecular Hbond substituents is 1. The predicted octanol–water partition coefficient (Wildman–Crippen LogP) is 5.57. The Balaban J connectivity index is 2.64. The highest BCUT2D eigenvalue weighted by Crippen LogP contribution is 2.67. The Kier molecular flexibility index (Phi) is 6.52. The van der Waals surface area contributed by atoms with Gasteiger partial charge in [0.2, 0.25) is 0 Å². The summed E-state index contributed by atoms with van der Waals surface area (Å²) < 4.78 is 19.5. The van der Waals surface area contributed by atoms with Crippen LogP contribution in [0.25, 0.3) is 0 Å². The van der Waals surface area contributed by atoms with Gasteiger partial charge in [0.15, 0.2) is 11.5 Å².